The Morgan fingerprint density at radius 2 is 2.07 bits per heavy atom. The van der Waals surface area contributed by atoms with Gasteiger partial charge in [-0.1, -0.05) is 28.1 Å². The van der Waals surface area contributed by atoms with Crippen molar-refractivity contribution < 1.29 is 19.0 Å². The number of anilines is 1. The van der Waals surface area contributed by atoms with Gasteiger partial charge in [-0.2, -0.15) is 0 Å². The molecule has 1 fully saturated rings. The quantitative estimate of drug-likeness (QED) is 0.545. The summed E-state index contributed by atoms with van der Waals surface area (Å²) in [7, 11) is 0. The van der Waals surface area contributed by atoms with Crippen molar-refractivity contribution in [1.29, 1.82) is 0 Å². The lowest BCUT2D eigenvalue weighted by Crippen LogP contribution is -2.26. The number of rotatable bonds is 6. The van der Waals surface area contributed by atoms with E-state index in [4.69, 9.17) is 4.74 Å². The highest BCUT2D eigenvalue weighted by molar-refractivity contribution is 9.10. The number of nitrogens with zero attached hydrogens (tertiary/aromatic N) is 3. The first kappa shape index (κ1) is 20.3. The van der Waals surface area contributed by atoms with E-state index in [1.165, 1.54) is 30.5 Å². The van der Waals surface area contributed by atoms with E-state index in [0.29, 0.717) is 11.7 Å². The van der Waals surface area contributed by atoms with E-state index in [1.54, 1.807) is 0 Å². The Hall–Kier alpha value is -3.00. The van der Waals surface area contributed by atoms with Gasteiger partial charge >= 0.3 is 5.97 Å². The molecule has 3 aromatic rings. The molecule has 30 heavy (non-hydrogen) atoms. The molecule has 0 spiro atoms. The maximum atomic E-state index is 13.1. The molecule has 2 heterocycles. The Labute approximate surface area is 181 Å². The average Bonchev–Trinajstić information content (AvgIpc) is 3.23. The van der Waals surface area contributed by atoms with Gasteiger partial charge in [-0.25, -0.2) is 19.2 Å². The van der Waals surface area contributed by atoms with Crippen LogP contribution < -0.4 is 9.64 Å². The summed E-state index contributed by atoms with van der Waals surface area (Å²) in [6, 6.07) is 13.8. The molecular formula is C22H19BrFN3O3. The predicted octanol–water partition coefficient (Wildman–Crippen LogP) is 5.00. The Balaban J connectivity index is 1.61. The summed E-state index contributed by atoms with van der Waals surface area (Å²) >= 11 is 3.51. The maximum Gasteiger partial charge on any atom is 0.339 e. The summed E-state index contributed by atoms with van der Waals surface area (Å²) in [6.45, 7) is 0.722. The first-order valence-electron chi connectivity index (χ1n) is 9.51. The van der Waals surface area contributed by atoms with Gasteiger partial charge in [0.15, 0.2) is 0 Å². The summed E-state index contributed by atoms with van der Waals surface area (Å²) in [5.74, 6) is -0.587. The van der Waals surface area contributed by atoms with Crippen LogP contribution in [0.15, 0.2) is 59.2 Å². The van der Waals surface area contributed by atoms with E-state index in [2.05, 4.69) is 42.9 Å². The Kier molecular flexibility index (Phi) is 5.94. The van der Waals surface area contributed by atoms with E-state index in [-0.39, 0.29) is 29.7 Å². The number of halogens is 2. The maximum absolute atomic E-state index is 13.1. The molecule has 1 N–H and O–H groups in total. The van der Waals surface area contributed by atoms with E-state index in [0.717, 1.165) is 29.4 Å². The lowest BCUT2D eigenvalue weighted by molar-refractivity contribution is 0.0692. The van der Waals surface area contributed by atoms with Crippen molar-refractivity contribution in [1.82, 2.24) is 9.97 Å². The highest BCUT2D eigenvalue weighted by Gasteiger charge is 2.29. The van der Waals surface area contributed by atoms with Crippen LogP contribution in [0.1, 0.15) is 40.5 Å². The van der Waals surface area contributed by atoms with Crippen LogP contribution in [0.2, 0.25) is 0 Å². The van der Waals surface area contributed by atoms with Crippen LogP contribution in [0.5, 0.6) is 5.75 Å². The van der Waals surface area contributed by atoms with E-state index in [9.17, 15) is 14.3 Å². The molecule has 2 aromatic carbocycles. The van der Waals surface area contributed by atoms with Crippen LogP contribution in [0, 0.1) is 5.82 Å². The molecule has 0 radical (unpaired) electrons. The third-order valence-corrected chi connectivity index (χ3v) is 5.51. The molecule has 8 heteroatoms. The third-order valence-electron chi connectivity index (χ3n) is 5.02. The molecule has 154 valence electrons. The third kappa shape index (κ3) is 4.43. The molecule has 0 amide bonds. The van der Waals surface area contributed by atoms with Gasteiger partial charge in [0.1, 0.15) is 23.7 Å². The standard InChI is InChI=1S/C22H19BrFN3O3/c23-15-4-1-3-14(11-15)20-5-2-10-27(20)22-25-12-18(21(28)29)19(26-22)13-30-17-8-6-16(24)7-9-17/h1,3-4,6-9,11-12,20H,2,5,10,13H2,(H,28,29). The minimum absolute atomic E-state index is 0.0148. The number of benzene rings is 2. The topological polar surface area (TPSA) is 75.5 Å². The molecule has 1 saturated heterocycles. The zero-order valence-corrected chi connectivity index (χ0v) is 17.5. The number of carboxylic acids is 1. The fraction of sp³-hybridized carbons (Fsp3) is 0.227. The molecule has 1 atom stereocenters. The van der Waals surface area contributed by atoms with Crippen molar-refractivity contribution >= 4 is 27.8 Å². The van der Waals surface area contributed by atoms with Crippen LogP contribution >= 0.6 is 15.9 Å². The molecule has 1 aromatic heterocycles. The second-order valence-corrected chi connectivity index (χ2v) is 7.90. The number of aromatic carboxylic acids is 1. The molecule has 0 saturated carbocycles. The van der Waals surface area contributed by atoms with Gasteiger partial charge < -0.3 is 14.7 Å². The van der Waals surface area contributed by atoms with Gasteiger partial charge in [0.05, 0.1) is 11.7 Å². The Morgan fingerprint density at radius 3 is 2.80 bits per heavy atom. The predicted molar refractivity (Wildman–Crippen MR) is 113 cm³/mol. The fourth-order valence-corrected chi connectivity index (χ4v) is 4.00. The summed E-state index contributed by atoms with van der Waals surface area (Å²) in [6.07, 6.45) is 3.27. The zero-order valence-electron chi connectivity index (χ0n) is 16.0. The largest absolute Gasteiger partial charge is 0.487 e. The van der Waals surface area contributed by atoms with Gasteiger partial charge in [-0.3, -0.25) is 0 Å². The number of hydrogen-bond donors (Lipinski definition) is 1. The molecular weight excluding hydrogens is 453 g/mol. The van der Waals surface area contributed by atoms with Crippen molar-refractivity contribution in [2.24, 2.45) is 0 Å². The molecule has 1 unspecified atom stereocenters. The van der Waals surface area contributed by atoms with Gasteiger partial charge in [0.25, 0.3) is 0 Å². The van der Waals surface area contributed by atoms with Crippen LogP contribution in [-0.2, 0) is 6.61 Å². The van der Waals surface area contributed by atoms with E-state index >= 15 is 0 Å². The SMILES string of the molecule is O=C(O)c1cnc(N2CCCC2c2cccc(Br)c2)nc1COc1ccc(F)cc1. The lowest BCUT2D eigenvalue weighted by Gasteiger charge is -2.25. The highest BCUT2D eigenvalue weighted by atomic mass is 79.9. The molecule has 1 aliphatic heterocycles. The fourth-order valence-electron chi connectivity index (χ4n) is 3.58. The zero-order chi connectivity index (χ0) is 21.1. The Bertz CT molecular complexity index is 1060. The summed E-state index contributed by atoms with van der Waals surface area (Å²) in [5.41, 5.74) is 1.41. The summed E-state index contributed by atoms with van der Waals surface area (Å²) < 4.78 is 19.7. The van der Waals surface area contributed by atoms with Crippen molar-refractivity contribution in [3.05, 3.63) is 81.8 Å². The first-order valence-corrected chi connectivity index (χ1v) is 10.3. The lowest BCUT2D eigenvalue weighted by atomic mass is 10.1. The second kappa shape index (κ2) is 8.79. The molecule has 1 aliphatic rings. The average molecular weight is 472 g/mol. The normalized spacial score (nSPS) is 15.9. The van der Waals surface area contributed by atoms with Crippen molar-refractivity contribution in [3.63, 3.8) is 0 Å². The van der Waals surface area contributed by atoms with E-state index in [1.807, 2.05) is 12.1 Å². The second-order valence-electron chi connectivity index (χ2n) is 6.98. The van der Waals surface area contributed by atoms with E-state index < -0.39 is 5.97 Å². The van der Waals surface area contributed by atoms with Crippen molar-refractivity contribution in [2.45, 2.75) is 25.5 Å². The summed E-state index contributed by atoms with van der Waals surface area (Å²) in [5, 5.41) is 9.51. The molecule has 4 rings (SSSR count). The Morgan fingerprint density at radius 1 is 1.27 bits per heavy atom. The number of carbonyl (C=O) groups is 1. The number of ether oxygens (including phenoxy) is 1. The van der Waals surface area contributed by atoms with Gasteiger partial charge in [0.2, 0.25) is 5.95 Å². The van der Waals surface area contributed by atoms with Crippen LogP contribution in [0.25, 0.3) is 0 Å². The van der Waals surface area contributed by atoms with Crippen molar-refractivity contribution in [3.8, 4) is 5.75 Å². The van der Waals surface area contributed by atoms with Gasteiger partial charge in [0, 0.05) is 17.2 Å². The van der Waals surface area contributed by atoms with Crippen LogP contribution in [-0.4, -0.2) is 27.6 Å². The van der Waals surface area contributed by atoms with Crippen LogP contribution in [0.4, 0.5) is 10.3 Å². The molecule has 0 bridgehead atoms. The first-order chi connectivity index (χ1) is 14.5. The van der Waals surface area contributed by atoms with Crippen molar-refractivity contribution in [2.75, 3.05) is 11.4 Å². The number of carboxylic acid groups (broad SMARTS) is 1. The van der Waals surface area contributed by atoms with Crippen LogP contribution in [0.3, 0.4) is 0 Å². The smallest absolute Gasteiger partial charge is 0.339 e. The summed E-state index contributed by atoms with van der Waals surface area (Å²) in [4.78, 5) is 22.6. The molecule has 6 nitrogen and oxygen atoms in total. The minimum atomic E-state index is -1.12. The number of hydrogen-bond acceptors (Lipinski definition) is 5. The monoisotopic (exact) mass is 471 g/mol. The minimum Gasteiger partial charge on any atom is -0.487 e. The highest BCUT2D eigenvalue weighted by Crippen LogP contribution is 2.35. The molecule has 0 aliphatic carbocycles. The number of aromatic nitrogens is 2. The van der Waals surface area contributed by atoms with Gasteiger partial charge in [-0.15, -0.1) is 0 Å². The van der Waals surface area contributed by atoms with Gasteiger partial charge in [-0.05, 0) is 54.8 Å².